The molecule has 0 spiro atoms. The van der Waals surface area contributed by atoms with Gasteiger partial charge in [0.1, 0.15) is 5.60 Å². The van der Waals surface area contributed by atoms with Crippen LogP contribution in [0.5, 0.6) is 0 Å². The fourth-order valence-corrected chi connectivity index (χ4v) is 3.06. The fraction of sp³-hybridized carbons (Fsp3) is 0.333. The SMILES string of the molecule is CCCC(C)(O)c1nnc(-c2ccccc2Cc2ccc(C(F)(F)F)cc2)o1. The minimum atomic E-state index is -4.36. The molecule has 0 aliphatic heterocycles. The van der Waals surface area contributed by atoms with Gasteiger partial charge in [-0.15, -0.1) is 10.2 Å². The van der Waals surface area contributed by atoms with Crippen LogP contribution in [0.4, 0.5) is 13.2 Å². The van der Waals surface area contributed by atoms with Gasteiger partial charge >= 0.3 is 6.18 Å². The summed E-state index contributed by atoms with van der Waals surface area (Å²) in [7, 11) is 0. The van der Waals surface area contributed by atoms with Gasteiger partial charge in [-0.05, 0) is 49.1 Å². The fourth-order valence-electron chi connectivity index (χ4n) is 3.06. The highest BCUT2D eigenvalue weighted by atomic mass is 19.4. The van der Waals surface area contributed by atoms with Crippen molar-refractivity contribution in [2.75, 3.05) is 0 Å². The van der Waals surface area contributed by atoms with Crippen LogP contribution in [0.2, 0.25) is 0 Å². The molecular formula is C21H21F3N2O2. The van der Waals surface area contributed by atoms with Crippen LogP contribution < -0.4 is 0 Å². The first-order chi connectivity index (χ1) is 13.2. The quantitative estimate of drug-likeness (QED) is 0.616. The maximum Gasteiger partial charge on any atom is 0.416 e. The second-order valence-electron chi connectivity index (χ2n) is 6.96. The normalized spacial score (nSPS) is 14.1. The van der Waals surface area contributed by atoms with E-state index < -0.39 is 17.3 Å². The summed E-state index contributed by atoms with van der Waals surface area (Å²) in [4.78, 5) is 0. The van der Waals surface area contributed by atoms with E-state index in [9.17, 15) is 18.3 Å². The molecule has 1 heterocycles. The van der Waals surface area contributed by atoms with Crippen LogP contribution in [0.3, 0.4) is 0 Å². The van der Waals surface area contributed by atoms with Gasteiger partial charge in [-0.3, -0.25) is 0 Å². The highest BCUT2D eigenvalue weighted by Crippen LogP contribution is 2.31. The van der Waals surface area contributed by atoms with Gasteiger partial charge in [-0.25, -0.2) is 0 Å². The Hall–Kier alpha value is -2.67. The van der Waals surface area contributed by atoms with E-state index in [4.69, 9.17) is 4.42 Å². The molecule has 1 N–H and O–H groups in total. The molecule has 1 atom stereocenters. The Labute approximate surface area is 161 Å². The lowest BCUT2D eigenvalue weighted by Gasteiger charge is -2.17. The van der Waals surface area contributed by atoms with E-state index in [1.165, 1.54) is 12.1 Å². The summed E-state index contributed by atoms with van der Waals surface area (Å²) in [5, 5.41) is 18.5. The molecule has 0 fully saturated rings. The monoisotopic (exact) mass is 390 g/mol. The van der Waals surface area contributed by atoms with Crippen LogP contribution in [0.1, 0.15) is 49.3 Å². The number of halogens is 3. The zero-order chi connectivity index (χ0) is 20.4. The van der Waals surface area contributed by atoms with Gasteiger partial charge in [0, 0.05) is 5.56 Å². The molecule has 2 aromatic carbocycles. The number of benzene rings is 2. The summed E-state index contributed by atoms with van der Waals surface area (Å²) < 4.78 is 43.9. The Morgan fingerprint density at radius 2 is 1.68 bits per heavy atom. The van der Waals surface area contributed by atoms with Gasteiger partial charge in [0.15, 0.2) is 0 Å². The molecule has 3 aromatic rings. The van der Waals surface area contributed by atoms with Gasteiger partial charge in [0.25, 0.3) is 0 Å². The largest absolute Gasteiger partial charge is 0.418 e. The van der Waals surface area contributed by atoms with E-state index >= 15 is 0 Å². The van der Waals surface area contributed by atoms with Crippen molar-refractivity contribution in [1.29, 1.82) is 0 Å². The number of aliphatic hydroxyl groups is 1. The van der Waals surface area contributed by atoms with Crippen molar-refractivity contribution < 1.29 is 22.7 Å². The molecule has 0 saturated heterocycles. The molecule has 0 aliphatic rings. The molecule has 0 aliphatic carbocycles. The second-order valence-corrected chi connectivity index (χ2v) is 6.96. The zero-order valence-corrected chi connectivity index (χ0v) is 15.6. The van der Waals surface area contributed by atoms with Crippen LogP contribution in [0.15, 0.2) is 52.9 Å². The van der Waals surface area contributed by atoms with E-state index in [0.717, 1.165) is 29.7 Å². The summed E-state index contributed by atoms with van der Waals surface area (Å²) in [5.41, 5.74) is 0.381. The van der Waals surface area contributed by atoms with Crippen molar-refractivity contribution in [2.24, 2.45) is 0 Å². The number of aromatic nitrogens is 2. The molecule has 1 aromatic heterocycles. The molecule has 3 rings (SSSR count). The van der Waals surface area contributed by atoms with E-state index in [2.05, 4.69) is 10.2 Å². The van der Waals surface area contributed by atoms with E-state index in [-0.39, 0.29) is 11.8 Å². The number of hydrogen-bond acceptors (Lipinski definition) is 4. The highest BCUT2D eigenvalue weighted by Gasteiger charge is 2.30. The van der Waals surface area contributed by atoms with Crippen LogP contribution in [0.25, 0.3) is 11.5 Å². The molecule has 0 saturated carbocycles. The summed E-state index contributed by atoms with van der Waals surface area (Å²) in [6.45, 7) is 3.58. The van der Waals surface area contributed by atoms with Crippen molar-refractivity contribution in [3.8, 4) is 11.5 Å². The van der Waals surface area contributed by atoms with Gasteiger partial charge in [0.05, 0.1) is 5.56 Å². The third-order valence-corrected chi connectivity index (χ3v) is 4.55. The highest BCUT2D eigenvalue weighted by molar-refractivity contribution is 5.59. The molecule has 0 radical (unpaired) electrons. The standard InChI is InChI=1S/C21H21F3N2O2/c1-3-12-20(2,27)19-26-25-18(28-19)17-7-5-4-6-15(17)13-14-8-10-16(11-9-14)21(22,23)24/h4-11,27H,3,12-13H2,1-2H3. The van der Waals surface area contributed by atoms with E-state index in [0.29, 0.717) is 18.4 Å². The lowest BCUT2D eigenvalue weighted by Crippen LogP contribution is -2.21. The number of rotatable bonds is 6. The number of nitrogens with zero attached hydrogens (tertiary/aromatic N) is 2. The molecule has 7 heteroatoms. The molecular weight excluding hydrogens is 369 g/mol. The zero-order valence-electron chi connectivity index (χ0n) is 15.6. The van der Waals surface area contributed by atoms with Crippen LogP contribution in [0, 0.1) is 0 Å². The first kappa shape index (κ1) is 20.1. The average molecular weight is 390 g/mol. The molecule has 4 nitrogen and oxygen atoms in total. The van der Waals surface area contributed by atoms with Gasteiger partial charge in [-0.2, -0.15) is 13.2 Å². The first-order valence-corrected chi connectivity index (χ1v) is 9.01. The van der Waals surface area contributed by atoms with E-state index in [1.807, 2.05) is 31.2 Å². The summed E-state index contributed by atoms with van der Waals surface area (Å²) in [6.07, 6.45) is -2.69. The Morgan fingerprint density at radius 1 is 1.00 bits per heavy atom. The second kappa shape index (κ2) is 7.75. The predicted molar refractivity (Wildman–Crippen MR) is 98.5 cm³/mol. The Kier molecular flexibility index (Phi) is 5.56. The first-order valence-electron chi connectivity index (χ1n) is 9.01. The predicted octanol–water partition coefficient (Wildman–Crippen LogP) is 5.35. The molecule has 0 amide bonds. The molecule has 28 heavy (non-hydrogen) atoms. The van der Waals surface area contributed by atoms with Crippen LogP contribution >= 0.6 is 0 Å². The van der Waals surface area contributed by atoms with Gasteiger partial charge < -0.3 is 9.52 Å². The summed E-state index contributed by atoms with van der Waals surface area (Å²) in [5.74, 6) is 0.419. The van der Waals surface area contributed by atoms with Gasteiger partial charge in [-0.1, -0.05) is 43.7 Å². The lowest BCUT2D eigenvalue weighted by atomic mass is 9.99. The molecule has 0 bridgehead atoms. The van der Waals surface area contributed by atoms with Gasteiger partial charge in [0.2, 0.25) is 11.8 Å². The summed E-state index contributed by atoms with van der Waals surface area (Å²) >= 11 is 0. The lowest BCUT2D eigenvalue weighted by molar-refractivity contribution is -0.137. The maximum atomic E-state index is 12.7. The van der Waals surface area contributed by atoms with Crippen LogP contribution in [-0.2, 0) is 18.2 Å². The Balaban J connectivity index is 1.87. The number of hydrogen-bond donors (Lipinski definition) is 1. The maximum absolute atomic E-state index is 12.7. The Bertz CT molecular complexity index is 931. The van der Waals surface area contributed by atoms with Crippen molar-refractivity contribution >= 4 is 0 Å². The smallest absolute Gasteiger partial charge is 0.416 e. The molecule has 1 unspecified atom stereocenters. The molecule has 148 valence electrons. The topological polar surface area (TPSA) is 59.2 Å². The van der Waals surface area contributed by atoms with Crippen molar-refractivity contribution in [1.82, 2.24) is 10.2 Å². The minimum absolute atomic E-state index is 0.147. The Morgan fingerprint density at radius 3 is 2.32 bits per heavy atom. The number of alkyl halides is 3. The van der Waals surface area contributed by atoms with Crippen molar-refractivity contribution in [3.63, 3.8) is 0 Å². The third kappa shape index (κ3) is 4.42. The average Bonchev–Trinajstić information content (AvgIpc) is 3.13. The minimum Gasteiger partial charge on any atom is -0.418 e. The van der Waals surface area contributed by atoms with Crippen LogP contribution in [-0.4, -0.2) is 15.3 Å². The van der Waals surface area contributed by atoms with Crippen molar-refractivity contribution in [3.05, 3.63) is 71.1 Å². The van der Waals surface area contributed by atoms with E-state index in [1.54, 1.807) is 6.92 Å². The third-order valence-electron chi connectivity index (χ3n) is 4.55. The van der Waals surface area contributed by atoms with Crippen molar-refractivity contribution in [2.45, 2.75) is 44.9 Å². The summed E-state index contributed by atoms with van der Waals surface area (Å²) in [6, 6.07) is 12.4.